The van der Waals surface area contributed by atoms with Gasteiger partial charge in [-0.3, -0.25) is 4.98 Å². The normalized spacial score (nSPS) is 12.6. The lowest BCUT2D eigenvalue weighted by Gasteiger charge is -2.03. The van der Waals surface area contributed by atoms with Gasteiger partial charge in [0.25, 0.3) is 0 Å². The van der Waals surface area contributed by atoms with Gasteiger partial charge in [-0.1, -0.05) is 38.1 Å². The predicted octanol–water partition coefficient (Wildman–Crippen LogP) is 3.32. The molecule has 0 spiro atoms. The quantitative estimate of drug-likeness (QED) is 0.860. The zero-order valence-corrected chi connectivity index (χ0v) is 11.9. The summed E-state index contributed by atoms with van der Waals surface area (Å²) in [6, 6.07) is 9.55. The molecule has 0 saturated carbocycles. The molecule has 0 radical (unpaired) electrons. The Morgan fingerprint density at radius 2 is 2.00 bits per heavy atom. The zero-order chi connectivity index (χ0) is 13.9. The van der Waals surface area contributed by atoms with Gasteiger partial charge in [-0.2, -0.15) is 0 Å². The summed E-state index contributed by atoms with van der Waals surface area (Å²) < 4.78 is 23.9. The summed E-state index contributed by atoms with van der Waals surface area (Å²) in [6.45, 7) is 3.90. The number of rotatable bonds is 4. The highest BCUT2D eigenvalue weighted by atomic mass is 32.2. The van der Waals surface area contributed by atoms with Crippen molar-refractivity contribution >= 4 is 20.7 Å². The van der Waals surface area contributed by atoms with E-state index in [2.05, 4.69) is 4.98 Å². The summed E-state index contributed by atoms with van der Waals surface area (Å²) in [5, 5.41) is 2.26. The lowest BCUT2D eigenvalue weighted by molar-refractivity contribution is 0.603. The van der Waals surface area contributed by atoms with E-state index in [1.807, 2.05) is 44.2 Å². The summed E-state index contributed by atoms with van der Waals surface area (Å²) in [7, 11) is -3.22. The minimum absolute atomic E-state index is 0.00590. The lowest BCUT2D eigenvalue weighted by atomic mass is 10.2. The summed E-state index contributed by atoms with van der Waals surface area (Å²) in [6.07, 6.45) is 3.33. The van der Waals surface area contributed by atoms with Gasteiger partial charge in [0.2, 0.25) is 0 Å². The first-order valence-corrected chi connectivity index (χ1v) is 7.92. The molecular formula is C15H17NO2S. The molecule has 3 nitrogen and oxygen atoms in total. The van der Waals surface area contributed by atoms with Crippen LogP contribution in [0.15, 0.2) is 48.0 Å². The van der Waals surface area contributed by atoms with E-state index in [-0.39, 0.29) is 11.7 Å². The highest BCUT2D eigenvalue weighted by Gasteiger charge is 2.09. The highest BCUT2D eigenvalue weighted by Crippen LogP contribution is 2.15. The minimum atomic E-state index is -3.22. The molecule has 100 valence electrons. The smallest absolute Gasteiger partial charge is 0.175 e. The molecule has 2 rings (SSSR count). The molecule has 1 heterocycles. The van der Waals surface area contributed by atoms with Gasteiger partial charge < -0.3 is 0 Å². The largest absolute Gasteiger partial charge is 0.256 e. The van der Waals surface area contributed by atoms with Gasteiger partial charge in [-0.25, -0.2) is 8.42 Å². The standard InChI is InChI=1S/C15H17NO2S/c1-12(2)7-8-19(17,18)11-13-9-14-5-3-4-6-15(14)16-10-13/h3-10,12H,11H2,1-2H3. The van der Waals surface area contributed by atoms with E-state index in [0.717, 1.165) is 10.9 Å². The summed E-state index contributed by atoms with van der Waals surface area (Å²) in [5.41, 5.74) is 1.59. The first-order chi connectivity index (χ1) is 8.96. The van der Waals surface area contributed by atoms with E-state index in [1.54, 1.807) is 12.3 Å². The van der Waals surface area contributed by atoms with Crippen molar-refractivity contribution < 1.29 is 8.42 Å². The fraction of sp³-hybridized carbons (Fsp3) is 0.267. The van der Waals surface area contributed by atoms with Gasteiger partial charge in [0.05, 0.1) is 11.3 Å². The number of para-hydroxylation sites is 1. The molecule has 0 N–H and O–H groups in total. The Morgan fingerprint density at radius 3 is 2.74 bits per heavy atom. The average Bonchev–Trinajstić information content (AvgIpc) is 2.36. The van der Waals surface area contributed by atoms with Crippen molar-refractivity contribution in [3.8, 4) is 0 Å². The number of fused-ring (bicyclic) bond motifs is 1. The maximum Gasteiger partial charge on any atom is 0.175 e. The number of hydrogen-bond donors (Lipinski definition) is 0. The molecule has 0 fully saturated rings. The molecule has 1 aromatic heterocycles. The third-order valence-electron chi connectivity index (χ3n) is 2.69. The molecule has 1 aromatic carbocycles. The summed E-state index contributed by atoms with van der Waals surface area (Å²) in [5.74, 6) is 0.220. The van der Waals surface area contributed by atoms with Crippen molar-refractivity contribution in [2.75, 3.05) is 0 Å². The predicted molar refractivity (Wildman–Crippen MR) is 78.3 cm³/mol. The number of benzene rings is 1. The van der Waals surface area contributed by atoms with E-state index < -0.39 is 9.84 Å². The van der Waals surface area contributed by atoms with Crippen LogP contribution in [0.1, 0.15) is 19.4 Å². The van der Waals surface area contributed by atoms with Crippen LogP contribution in [-0.2, 0) is 15.6 Å². The second-order valence-electron chi connectivity index (χ2n) is 4.92. The van der Waals surface area contributed by atoms with Gasteiger partial charge in [0.15, 0.2) is 9.84 Å². The first-order valence-electron chi connectivity index (χ1n) is 6.21. The minimum Gasteiger partial charge on any atom is -0.256 e. The lowest BCUT2D eigenvalue weighted by Crippen LogP contribution is -2.01. The van der Waals surface area contributed by atoms with Gasteiger partial charge in [-0.15, -0.1) is 0 Å². The van der Waals surface area contributed by atoms with Crippen LogP contribution in [-0.4, -0.2) is 13.4 Å². The van der Waals surface area contributed by atoms with Gasteiger partial charge in [-0.05, 0) is 23.6 Å². The topological polar surface area (TPSA) is 47.0 Å². The monoisotopic (exact) mass is 275 g/mol. The SMILES string of the molecule is CC(C)C=CS(=O)(=O)Cc1cnc2ccccc2c1. The van der Waals surface area contributed by atoms with Crippen molar-refractivity contribution in [1.29, 1.82) is 0 Å². The molecule has 2 aromatic rings. The number of sulfone groups is 1. The highest BCUT2D eigenvalue weighted by molar-refractivity contribution is 7.93. The first kappa shape index (κ1) is 13.7. The van der Waals surface area contributed by atoms with Crippen molar-refractivity contribution in [2.24, 2.45) is 5.92 Å². The van der Waals surface area contributed by atoms with Crippen LogP contribution >= 0.6 is 0 Å². The Morgan fingerprint density at radius 1 is 1.26 bits per heavy atom. The molecule has 0 aliphatic rings. The van der Waals surface area contributed by atoms with Crippen LogP contribution in [0.2, 0.25) is 0 Å². The number of allylic oxidation sites excluding steroid dienone is 1. The fourth-order valence-electron chi connectivity index (χ4n) is 1.75. The molecule has 0 aliphatic heterocycles. The Balaban J connectivity index is 2.26. The van der Waals surface area contributed by atoms with E-state index in [0.29, 0.717) is 5.56 Å². The Labute approximate surface area is 113 Å². The van der Waals surface area contributed by atoms with Crippen LogP contribution in [0.4, 0.5) is 0 Å². The van der Waals surface area contributed by atoms with Crippen molar-refractivity contribution in [3.05, 3.63) is 53.6 Å². The van der Waals surface area contributed by atoms with Crippen LogP contribution in [0.3, 0.4) is 0 Å². The molecular weight excluding hydrogens is 258 g/mol. The molecule has 0 saturated heterocycles. The van der Waals surface area contributed by atoms with Gasteiger partial charge in [0, 0.05) is 17.0 Å². The second kappa shape index (κ2) is 5.53. The van der Waals surface area contributed by atoms with E-state index in [9.17, 15) is 8.42 Å². The number of nitrogens with zero attached hydrogens (tertiary/aromatic N) is 1. The van der Waals surface area contributed by atoms with Crippen molar-refractivity contribution in [2.45, 2.75) is 19.6 Å². The zero-order valence-electron chi connectivity index (χ0n) is 11.1. The van der Waals surface area contributed by atoms with Crippen LogP contribution in [0.25, 0.3) is 10.9 Å². The Kier molecular flexibility index (Phi) is 4.00. The van der Waals surface area contributed by atoms with Gasteiger partial charge in [0.1, 0.15) is 0 Å². The van der Waals surface area contributed by atoms with Crippen molar-refractivity contribution in [3.63, 3.8) is 0 Å². The molecule has 0 aliphatic carbocycles. The second-order valence-corrected chi connectivity index (χ2v) is 6.80. The molecule has 19 heavy (non-hydrogen) atoms. The molecule has 4 heteroatoms. The molecule has 0 unspecified atom stereocenters. The summed E-state index contributed by atoms with van der Waals surface area (Å²) >= 11 is 0. The van der Waals surface area contributed by atoms with Crippen LogP contribution < -0.4 is 0 Å². The van der Waals surface area contributed by atoms with E-state index in [1.165, 1.54) is 5.41 Å². The van der Waals surface area contributed by atoms with Gasteiger partial charge >= 0.3 is 0 Å². The third-order valence-corrected chi connectivity index (χ3v) is 3.99. The maximum absolute atomic E-state index is 11.9. The number of pyridine rings is 1. The number of aromatic nitrogens is 1. The summed E-state index contributed by atoms with van der Waals surface area (Å²) in [4.78, 5) is 4.27. The molecule has 0 bridgehead atoms. The maximum atomic E-state index is 11.9. The molecule has 0 atom stereocenters. The van der Waals surface area contributed by atoms with Crippen LogP contribution in [0.5, 0.6) is 0 Å². The fourth-order valence-corrected chi connectivity index (χ4v) is 3.03. The van der Waals surface area contributed by atoms with Crippen LogP contribution in [0, 0.1) is 5.92 Å². The van der Waals surface area contributed by atoms with E-state index in [4.69, 9.17) is 0 Å². The third kappa shape index (κ3) is 3.89. The van der Waals surface area contributed by atoms with E-state index >= 15 is 0 Å². The van der Waals surface area contributed by atoms with Crippen molar-refractivity contribution in [1.82, 2.24) is 4.98 Å². The molecule has 0 amide bonds. The average molecular weight is 275 g/mol. The Hall–Kier alpha value is -1.68. The number of hydrogen-bond acceptors (Lipinski definition) is 3. The Bertz CT molecular complexity index is 703.